The van der Waals surface area contributed by atoms with Crippen molar-refractivity contribution in [1.29, 1.82) is 0 Å². The summed E-state index contributed by atoms with van der Waals surface area (Å²) >= 11 is 6.06. The van der Waals surface area contributed by atoms with E-state index >= 15 is 0 Å². The normalized spacial score (nSPS) is 11.9. The molecule has 0 aromatic heterocycles. The summed E-state index contributed by atoms with van der Waals surface area (Å²) in [5, 5.41) is 4.11. The lowest BCUT2D eigenvalue weighted by Crippen LogP contribution is -2.13. The van der Waals surface area contributed by atoms with Crippen LogP contribution in [0.3, 0.4) is 0 Å². The van der Waals surface area contributed by atoms with Gasteiger partial charge in [-0.15, -0.1) is 12.4 Å². The average molecular weight is 356 g/mol. The molecule has 1 heterocycles. The average Bonchev–Trinajstić information content (AvgIpc) is 2.98. The molecule has 3 rings (SSSR count). The largest absolute Gasteiger partial charge is 0.494 e. The SMILES string of the molecule is CCOc1ccc(Cl)cc1CNCc1ccc2c(c1)OCO2.Cl. The molecule has 23 heavy (non-hydrogen) atoms. The molecule has 1 aliphatic rings. The molecule has 0 bridgehead atoms. The summed E-state index contributed by atoms with van der Waals surface area (Å²) in [7, 11) is 0. The Morgan fingerprint density at radius 3 is 2.74 bits per heavy atom. The second-order valence-electron chi connectivity index (χ2n) is 4.98. The van der Waals surface area contributed by atoms with Crippen molar-refractivity contribution >= 4 is 24.0 Å². The minimum Gasteiger partial charge on any atom is -0.494 e. The highest BCUT2D eigenvalue weighted by atomic mass is 35.5. The first-order valence-electron chi connectivity index (χ1n) is 7.26. The van der Waals surface area contributed by atoms with Gasteiger partial charge in [-0.1, -0.05) is 17.7 Å². The summed E-state index contributed by atoms with van der Waals surface area (Å²) in [4.78, 5) is 0. The molecule has 0 aliphatic carbocycles. The standard InChI is InChI=1S/C17H18ClNO3.ClH/c1-2-20-15-6-4-14(18)8-13(15)10-19-9-12-3-5-16-17(7-12)22-11-21-16;/h3-8,19H,2,9-11H2,1H3;1H. The summed E-state index contributed by atoms with van der Waals surface area (Å²) in [6.07, 6.45) is 0. The van der Waals surface area contributed by atoms with E-state index in [0.29, 0.717) is 25.0 Å². The lowest BCUT2D eigenvalue weighted by molar-refractivity contribution is 0.174. The van der Waals surface area contributed by atoms with E-state index in [4.69, 9.17) is 25.8 Å². The molecule has 1 N–H and O–H groups in total. The predicted octanol–water partition coefficient (Wildman–Crippen LogP) is 4.18. The van der Waals surface area contributed by atoms with E-state index < -0.39 is 0 Å². The van der Waals surface area contributed by atoms with E-state index in [9.17, 15) is 0 Å². The zero-order valence-electron chi connectivity index (χ0n) is 12.8. The summed E-state index contributed by atoms with van der Waals surface area (Å²) in [5.41, 5.74) is 2.19. The Morgan fingerprint density at radius 2 is 1.91 bits per heavy atom. The lowest BCUT2D eigenvalue weighted by atomic mass is 10.1. The van der Waals surface area contributed by atoms with Gasteiger partial charge < -0.3 is 19.5 Å². The Morgan fingerprint density at radius 1 is 1.09 bits per heavy atom. The molecule has 124 valence electrons. The number of fused-ring (bicyclic) bond motifs is 1. The molecule has 2 aromatic carbocycles. The number of nitrogens with one attached hydrogen (secondary N) is 1. The maximum Gasteiger partial charge on any atom is 0.231 e. The fourth-order valence-corrected chi connectivity index (χ4v) is 2.57. The Hall–Kier alpha value is -1.62. The zero-order valence-corrected chi connectivity index (χ0v) is 14.4. The van der Waals surface area contributed by atoms with Crippen LogP contribution in [0.2, 0.25) is 5.02 Å². The smallest absolute Gasteiger partial charge is 0.231 e. The van der Waals surface area contributed by atoms with Gasteiger partial charge in [0, 0.05) is 23.7 Å². The third-order valence-electron chi connectivity index (χ3n) is 3.40. The molecule has 0 unspecified atom stereocenters. The van der Waals surface area contributed by atoms with Crippen LogP contribution in [-0.4, -0.2) is 13.4 Å². The first-order chi connectivity index (χ1) is 10.8. The monoisotopic (exact) mass is 355 g/mol. The van der Waals surface area contributed by atoms with Crippen LogP contribution >= 0.6 is 24.0 Å². The van der Waals surface area contributed by atoms with Crippen molar-refractivity contribution in [2.24, 2.45) is 0 Å². The van der Waals surface area contributed by atoms with Gasteiger partial charge in [0.15, 0.2) is 11.5 Å². The molecule has 0 saturated heterocycles. The van der Waals surface area contributed by atoms with Crippen LogP contribution in [0.25, 0.3) is 0 Å². The van der Waals surface area contributed by atoms with E-state index in [2.05, 4.69) is 5.32 Å². The molecular formula is C17H19Cl2NO3. The van der Waals surface area contributed by atoms with Gasteiger partial charge in [0.1, 0.15) is 5.75 Å². The highest BCUT2D eigenvalue weighted by molar-refractivity contribution is 6.30. The second-order valence-corrected chi connectivity index (χ2v) is 5.41. The van der Waals surface area contributed by atoms with Gasteiger partial charge in [-0.3, -0.25) is 0 Å². The number of benzene rings is 2. The number of ether oxygens (including phenoxy) is 3. The van der Waals surface area contributed by atoms with Crippen molar-refractivity contribution in [3.63, 3.8) is 0 Å². The molecule has 0 saturated carbocycles. The van der Waals surface area contributed by atoms with Crippen LogP contribution in [0, 0.1) is 0 Å². The highest BCUT2D eigenvalue weighted by Gasteiger charge is 2.13. The molecular weight excluding hydrogens is 337 g/mol. The molecule has 0 radical (unpaired) electrons. The van der Waals surface area contributed by atoms with Crippen molar-refractivity contribution in [2.75, 3.05) is 13.4 Å². The van der Waals surface area contributed by atoms with E-state index in [1.807, 2.05) is 43.3 Å². The van der Waals surface area contributed by atoms with Crippen molar-refractivity contribution in [3.05, 3.63) is 52.5 Å². The van der Waals surface area contributed by atoms with Gasteiger partial charge in [0.05, 0.1) is 6.61 Å². The Balaban J connectivity index is 0.00000192. The lowest BCUT2D eigenvalue weighted by Gasteiger charge is -2.12. The van der Waals surface area contributed by atoms with Crippen LogP contribution in [-0.2, 0) is 13.1 Å². The summed E-state index contributed by atoms with van der Waals surface area (Å²) < 4.78 is 16.3. The molecule has 0 amide bonds. The fourth-order valence-electron chi connectivity index (χ4n) is 2.37. The quantitative estimate of drug-likeness (QED) is 0.843. The van der Waals surface area contributed by atoms with Gasteiger partial charge in [-0.05, 0) is 42.8 Å². The molecule has 6 heteroatoms. The van der Waals surface area contributed by atoms with Gasteiger partial charge in [-0.2, -0.15) is 0 Å². The minimum absolute atomic E-state index is 0. The van der Waals surface area contributed by atoms with Gasteiger partial charge >= 0.3 is 0 Å². The second kappa shape index (κ2) is 8.29. The fraction of sp³-hybridized carbons (Fsp3) is 0.294. The maximum absolute atomic E-state index is 6.06. The summed E-state index contributed by atoms with van der Waals surface area (Å²) in [6, 6.07) is 11.6. The number of halogens is 2. The topological polar surface area (TPSA) is 39.7 Å². The maximum atomic E-state index is 6.06. The predicted molar refractivity (Wildman–Crippen MR) is 93.0 cm³/mol. The molecule has 0 atom stereocenters. The van der Waals surface area contributed by atoms with E-state index in [-0.39, 0.29) is 12.4 Å². The molecule has 4 nitrogen and oxygen atoms in total. The number of rotatable bonds is 6. The van der Waals surface area contributed by atoms with E-state index in [1.54, 1.807) is 0 Å². The van der Waals surface area contributed by atoms with E-state index in [0.717, 1.165) is 34.9 Å². The zero-order chi connectivity index (χ0) is 15.4. The third-order valence-corrected chi connectivity index (χ3v) is 3.64. The van der Waals surface area contributed by atoms with Crippen LogP contribution in [0.4, 0.5) is 0 Å². The number of hydrogen-bond acceptors (Lipinski definition) is 4. The van der Waals surface area contributed by atoms with Crippen LogP contribution in [0.1, 0.15) is 18.1 Å². The molecule has 2 aromatic rings. The first-order valence-corrected chi connectivity index (χ1v) is 7.64. The Bertz CT molecular complexity index is 664. The van der Waals surface area contributed by atoms with Gasteiger partial charge in [0.2, 0.25) is 6.79 Å². The van der Waals surface area contributed by atoms with Crippen LogP contribution in [0.15, 0.2) is 36.4 Å². The van der Waals surface area contributed by atoms with Gasteiger partial charge in [0.25, 0.3) is 0 Å². The van der Waals surface area contributed by atoms with E-state index in [1.165, 1.54) is 0 Å². The first kappa shape index (κ1) is 17.7. The Labute approximate surface area is 147 Å². The van der Waals surface area contributed by atoms with Crippen LogP contribution < -0.4 is 19.5 Å². The van der Waals surface area contributed by atoms with Gasteiger partial charge in [-0.25, -0.2) is 0 Å². The van der Waals surface area contributed by atoms with Crippen LogP contribution in [0.5, 0.6) is 17.2 Å². The molecule has 0 spiro atoms. The summed E-state index contributed by atoms with van der Waals surface area (Å²) in [5.74, 6) is 2.47. The summed E-state index contributed by atoms with van der Waals surface area (Å²) in [6.45, 7) is 4.32. The van der Waals surface area contributed by atoms with Crippen molar-refractivity contribution in [1.82, 2.24) is 5.32 Å². The van der Waals surface area contributed by atoms with Crippen molar-refractivity contribution in [3.8, 4) is 17.2 Å². The highest BCUT2D eigenvalue weighted by Crippen LogP contribution is 2.32. The van der Waals surface area contributed by atoms with Crippen molar-refractivity contribution in [2.45, 2.75) is 20.0 Å². The number of hydrogen-bond donors (Lipinski definition) is 1. The third kappa shape index (κ3) is 4.44. The molecule has 1 aliphatic heterocycles. The minimum atomic E-state index is 0. The Kier molecular flexibility index (Phi) is 6.39. The molecule has 0 fully saturated rings. The van der Waals surface area contributed by atoms with Crippen molar-refractivity contribution < 1.29 is 14.2 Å².